The van der Waals surface area contributed by atoms with E-state index in [1.807, 2.05) is 30.3 Å². The van der Waals surface area contributed by atoms with Crippen LogP contribution in [0.3, 0.4) is 0 Å². The quantitative estimate of drug-likeness (QED) is 0.0560. The van der Waals surface area contributed by atoms with Crippen molar-refractivity contribution in [2.24, 2.45) is 0 Å². The van der Waals surface area contributed by atoms with Crippen LogP contribution in [0, 0.1) is 6.92 Å². The molecule has 4 N–H and O–H groups in total. The summed E-state index contributed by atoms with van der Waals surface area (Å²) in [4.78, 5) is 63.6. The molecule has 1 aromatic carbocycles. The number of alkyl halides is 1. The fourth-order valence-electron chi connectivity index (χ4n) is 3.34. The summed E-state index contributed by atoms with van der Waals surface area (Å²) in [6, 6.07) is 10.5. The van der Waals surface area contributed by atoms with E-state index in [0.29, 0.717) is 31.0 Å². The normalized spacial score (nSPS) is 10.5. The molecule has 15 heteroatoms. The number of urea groups is 1. The number of nitrogens with one attached hydrogen (secondary N) is 4. The van der Waals surface area contributed by atoms with Crippen molar-refractivity contribution >= 4 is 45.9 Å². The van der Waals surface area contributed by atoms with Crippen LogP contribution in [0.4, 0.5) is 15.5 Å². The molecule has 0 saturated carbocycles. The van der Waals surface area contributed by atoms with E-state index in [1.54, 1.807) is 27.7 Å². The van der Waals surface area contributed by atoms with E-state index in [-0.39, 0.29) is 43.9 Å². The molecule has 0 saturated heterocycles. The van der Waals surface area contributed by atoms with Gasteiger partial charge in [0.15, 0.2) is 0 Å². The molecule has 2 rings (SSSR count). The van der Waals surface area contributed by atoms with Gasteiger partial charge < -0.3 is 29.6 Å². The number of nitrogens with zero attached hydrogens (tertiary/aromatic N) is 1. The lowest BCUT2D eigenvalue weighted by Gasteiger charge is -2.14. The van der Waals surface area contributed by atoms with E-state index < -0.39 is 22.4 Å². The first kappa shape index (κ1) is 40.8. The third-order valence-corrected chi connectivity index (χ3v) is 6.05. The molecular formula is C32H46BrN5O9. The van der Waals surface area contributed by atoms with Gasteiger partial charge in [-0.15, -0.1) is 0 Å². The zero-order valence-corrected chi connectivity index (χ0v) is 29.0. The molecule has 0 aliphatic rings. The van der Waals surface area contributed by atoms with Crippen molar-refractivity contribution in [2.45, 2.75) is 64.3 Å². The van der Waals surface area contributed by atoms with Gasteiger partial charge in [0.1, 0.15) is 24.1 Å². The summed E-state index contributed by atoms with van der Waals surface area (Å²) in [7, 11) is 0. The predicted octanol–water partition coefficient (Wildman–Crippen LogP) is 4.53. The summed E-state index contributed by atoms with van der Waals surface area (Å²) in [5.74, 6) is -0.613. The Morgan fingerprint density at radius 2 is 1.53 bits per heavy atom. The Morgan fingerprint density at radius 3 is 2.13 bits per heavy atom. The topological polar surface area (TPSA) is 187 Å². The molecule has 1 heterocycles. The van der Waals surface area contributed by atoms with E-state index in [1.165, 1.54) is 6.07 Å². The standard InChI is InChI=1S/C21H33N5O7.C11H13BrO2/c1-15(2)18(28)32-12-10-31-11-13-33-21(30)23-9-7-5-4-6-8-22-20(29)26-19-24-16(3)14-17(27)25-19;1-11(2,12)10(13)14-8-9-6-4-3-5-7-9/h14H,1,4-13H2,2-3H3,(H,23,30)(H3,22,24,25,26,27,29);3-7H,8H2,1-2H3. The highest BCUT2D eigenvalue weighted by Gasteiger charge is 2.25. The lowest BCUT2D eigenvalue weighted by molar-refractivity contribution is -0.146. The number of hydrogen-bond acceptors (Lipinski definition) is 10. The minimum atomic E-state index is -0.609. The number of amides is 3. The number of alkyl carbamates (subject to hydrolysis) is 1. The summed E-state index contributed by atoms with van der Waals surface area (Å²) in [6.07, 6.45) is 2.78. The number of carbonyl (C=O) groups is 4. The largest absolute Gasteiger partial charge is 0.460 e. The van der Waals surface area contributed by atoms with Gasteiger partial charge in [-0.1, -0.05) is 65.7 Å². The predicted molar refractivity (Wildman–Crippen MR) is 180 cm³/mol. The van der Waals surface area contributed by atoms with Gasteiger partial charge in [0.2, 0.25) is 5.95 Å². The number of benzene rings is 1. The SMILES string of the molecule is C=C(C)C(=O)OCCOCCOC(=O)NCCCCCCNC(=O)Nc1nc(C)cc(=O)[nH]1.CC(C)(Br)C(=O)OCc1ccccc1. The summed E-state index contributed by atoms with van der Waals surface area (Å²) >= 11 is 3.24. The molecule has 0 atom stereocenters. The van der Waals surface area contributed by atoms with Crippen molar-refractivity contribution in [3.05, 3.63) is 70.2 Å². The number of ether oxygens (including phenoxy) is 4. The fourth-order valence-corrected chi connectivity index (χ4v) is 3.46. The van der Waals surface area contributed by atoms with Crippen LogP contribution in [0.1, 0.15) is 57.7 Å². The number of aromatic amines is 1. The smallest absolute Gasteiger partial charge is 0.407 e. The minimum Gasteiger partial charge on any atom is -0.460 e. The molecule has 0 radical (unpaired) electrons. The lowest BCUT2D eigenvalue weighted by Crippen LogP contribution is -2.31. The molecule has 0 spiro atoms. The van der Waals surface area contributed by atoms with Gasteiger partial charge in [-0.25, -0.2) is 19.4 Å². The number of anilines is 1. The van der Waals surface area contributed by atoms with Crippen molar-refractivity contribution in [2.75, 3.05) is 44.8 Å². The van der Waals surface area contributed by atoms with Crippen LogP contribution in [-0.4, -0.2) is 77.9 Å². The van der Waals surface area contributed by atoms with Gasteiger partial charge >= 0.3 is 24.1 Å². The number of halogens is 1. The van der Waals surface area contributed by atoms with Gasteiger partial charge in [0, 0.05) is 30.4 Å². The highest BCUT2D eigenvalue weighted by Crippen LogP contribution is 2.18. The molecule has 1 aromatic heterocycles. The van der Waals surface area contributed by atoms with E-state index in [2.05, 4.69) is 48.4 Å². The number of esters is 2. The van der Waals surface area contributed by atoms with Crippen molar-refractivity contribution < 1.29 is 38.1 Å². The highest BCUT2D eigenvalue weighted by atomic mass is 79.9. The maximum absolute atomic E-state index is 11.8. The first-order chi connectivity index (χ1) is 22.3. The number of aromatic nitrogens is 2. The van der Waals surface area contributed by atoms with Gasteiger partial charge in [0.05, 0.1) is 13.2 Å². The first-order valence-electron chi connectivity index (χ1n) is 15.1. The van der Waals surface area contributed by atoms with E-state index in [0.717, 1.165) is 31.2 Å². The van der Waals surface area contributed by atoms with Crippen molar-refractivity contribution in [3.8, 4) is 0 Å². The third-order valence-electron chi connectivity index (χ3n) is 5.73. The molecule has 0 fully saturated rings. The first-order valence-corrected chi connectivity index (χ1v) is 15.9. The summed E-state index contributed by atoms with van der Waals surface area (Å²) in [6.45, 7) is 12.1. The number of hydrogen-bond donors (Lipinski definition) is 4. The van der Waals surface area contributed by atoms with Crippen LogP contribution < -0.4 is 21.5 Å². The fraction of sp³-hybridized carbons (Fsp3) is 0.500. The maximum Gasteiger partial charge on any atom is 0.407 e. The van der Waals surface area contributed by atoms with Crippen LogP contribution in [-0.2, 0) is 35.1 Å². The summed E-state index contributed by atoms with van der Waals surface area (Å²) in [5, 5.41) is 7.81. The maximum atomic E-state index is 11.8. The molecule has 260 valence electrons. The molecular weight excluding hydrogens is 678 g/mol. The Morgan fingerprint density at radius 1 is 0.915 bits per heavy atom. The average molecular weight is 725 g/mol. The Bertz CT molecular complexity index is 1330. The van der Waals surface area contributed by atoms with Crippen LogP contribution in [0.2, 0.25) is 0 Å². The molecule has 0 aliphatic carbocycles. The molecule has 0 unspecified atom stereocenters. The Kier molecular flexibility index (Phi) is 20.1. The highest BCUT2D eigenvalue weighted by molar-refractivity contribution is 9.10. The van der Waals surface area contributed by atoms with Gasteiger partial charge in [-0.05, 0) is 46.1 Å². The zero-order valence-electron chi connectivity index (χ0n) is 27.4. The van der Waals surface area contributed by atoms with Gasteiger partial charge in [0.25, 0.3) is 5.56 Å². The molecule has 14 nitrogen and oxygen atoms in total. The average Bonchev–Trinajstić information content (AvgIpc) is 3.00. The van der Waals surface area contributed by atoms with Crippen LogP contribution in [0.5, 0.6) is 0 Å². The third kappa shape index (κ3) is 21.2. The number of unbranched alkanes of at least 4 members (excludes halogenated alkanes) is 3. The second-order valence-electron chi connectivity index (χ2n) is 10.7. The van der Waals surface area contributed by atoms with Crippen molar-refractivity contribution in [1.82, 2.24) is 20.6 Å². The van der Waals surface area contributed by atoms with Crippen molar-refractivity contribution in [1.29, 1.82) is 0 Å². The monoisotopic (exact) mass is 723 g/mol. The molecule has 47 heavy (non-hydrogen) atoms. The second kappa shape index (κ2) is 23.1. The Hall–Kier alpha value is -4.24. The van der Waals surface area contributed by atoms with Crippen LogP contribution in [0.15, 0.2) is 53.3 Å². The van der Waals surface area contributed by atoms with Crippen LogP contribution >= 0.6 is 15.9 Å². The number of aryl methyl sites for hydroxylation is 1. The van der Waals surface area contributed by atoms with E-state index >= 15 is 0 Å². The summed E-state index contributed by atoms with van der Waals surface area (Å²) < 4.78 is 19.5. The Labute approximate surface area is 283 Å². The van der Waals surface area contributed by atoms with Gasteiger partial charge in [-0.2, -0.15) is 0 Å². The number of carbonyl (C=O) groups excluding carboxylic acids is 4. The van der Waals surface area contributed by atoms with E-state index in [4.69, 9.17) is 18.9 Å². The van der Waals surface area contributed by atoms with Gasteiger partial charge in [-0.3, -0.25) is 19.9 Å². The Balaban J connectivity index is 0.000000654. The van der Waals surface area contributed by atoms with Crippen molar-refractivity contribution in [3.63, 3.8) is 0 Å². The zero-order chi connectivity index (χ0) is 35.1. The summed E-state index contributed by atoms with van der Waals surface area (Å²) in [5.41, 5.74) is 1.50. The lowest BCUT2D eigenvalue weighted by atomic mass is 10.2. The molecule has 0 aliphatic heterocycles. The van der Waals surface area contributed by atoms with E-state index in [9.17, 15) is 24.0 Å². The molecule has 2 aromatic rings. The molecule has 0 bridgehead atoms. The van der Waals surface area contributed by atoms with Crippen LogP contribution in [0.25, 0.3) is 0 Å². The molecule has 3 amide bonds. The minimum absolute atomic E-state index is 0.0972. The number of rotatable bonds is 18. The number of H-pyrrole nitrogens is 1. The second-order valence-corrected chi connectivity index (χ2v) is 12.6.